The topological polar surface area (TPSA) is 87.0 Å². The summed E-state index contributed by atoms with van der Waals surface area (Å²) >= 11 is 3.16. The lowest BCUT2D eigenvalue weighted by Crippen LogP contribution is -2.55. The summed E-state index contributed by atoms with van der Waals surface area (Å²) in [5.74, 6) is -1.79. The van der Waals surface area contributed by atoms with Crippen molar-refractivity contribution in [2.45, 2.75) is 49.7 Å². The second kappa shape index (κ2) is 8.23. The van der Waals surface area contributed by atoms with Crippen molar-refractivity contribution in [2.24, 2.45) is 0 Å². The zero-order valence-electron chi connectivity index (χ0n) is 15.8. The van der Waals surface area contributed by atoms with Gasteiger partial charge in [0, 0.05) is 10.0 Å². The van der Waals surface area contributed by atoms with Crippen molar-refractivity contribution >= 4 is 36.8 Å². The number of sulfone groups is 1. The molecule has 1 N–H and O–H groups in total. The summed E-state index contributed by atoms with van der Waals surface area (Å²) < 4.78 is 67.4. The molecule has 0 amide bonds. The van der Waals surface area contributed by atoms with Crippen molar-refractivity contribution in [2.75, 3.05) is 12.4 Å². The van der Waals surface area contributed by atoms with Crippen LogP contribution >= 0.6 is 15.9 Å². The third-order valence-corrected chi connectivity index (χ3v) is 8.70. The first-order valence-corrected chi connectivity index (χ1v) is 11.6. The number of benzene rings is 1. The molecule has 0 aliphatic rings. The lowest BCUT2D eigenvalue weighted by atomic mass is 9.94. The molecule has 5 nitrogen and oxygen atoms in total. The van der Waals surface area contributed by atoms with Crippen molar-refractivity contribution in [1.82, 2.24) is 4.72 Å². The van der Waals surface area contributed by atoms with Gasteiger partial charge in [-0.05, 0) is 52.8 Å². The van der Waals surface area contributed by atoms with E-state index in [4.69, 9.17) is 0 Å². The van der Waals surface area contributed by atoms with Gasteiger partial charge in [-0.25, -0.2) is 26.1 Å². The summed E-state index contributed by atoms with van der Waals surface area (Å²) in [7, 11) is -6.13. The fourth-order valence-electron chi connectivity index (χ4n) is 2.07. The molecule has 27 heavy (non-hydrogen) atoms. The van der Waals surface area contributed by atoms with Crippen molar-refractivity contribution in [3.8, 4) is 6.07 Å². The average Bonchev–Trinajstić information content (AvgIpc) is 2.54. The fourth-order valence-corrected chi connectivity index (χ4v) is 4.87. The molecule has 10 heteroatoms. The molecule has 0 aromatic heterocycles. The van der Waals surface area contributed by atoms with E-state index in [-0.39, 0.29) is 5.56 Å². The molecule has 0 saturated heterocycles. The van der Waals surface area contributed by atoms with Crippen molar-refractivity contribution in [3.63, 3.8) is 0 Å². The predicted octanol–water partition coefficient (Wildman–Crippen LogP) is 3.52. The van der Waals surface area contributed by atoms with E-state index in [2.05, 4.69) is 20.7 Å². The Kier molecular flexibility index (Phi) is 7.36. The lowest BCUT2D eigenvalue weighted by Gasteiger charge is -2.36. The van der Waals surface area contributed by atoms with Crippen LogP contribution in [0.2, 0.25) is 0 Å². The van der Waals surface area contributed by atoms with E-state index in [0.717, 1.165) is 6.07 Å². The smallest absolute Gasteiger partial charge is 0.171 e. The highest BCUT2D eigenvalue weighted by Crippen LogP contribution is 2.33. The van der Waals surface area contributed by atoms with Crippen LogP contribution < -0.4 is 4.72 Å². The Morgan fingerprint density at radius 1 is 1.26 bits per heavy atom. The summed E-state index contributed by atoms with van der Waals surface area (Å²) in [6, 6.07) is 5.37. The van der Waals surface area contributed by atoms with Gasteiger partial charge in [-0.15, -0.1) is 0 Å². The van der Waals surface area contributed by atoms with Gasteiger partial charge >= 0.3 is 0 Å². The molecule has 0 bridgehead atoms. The first kappa shape index (κ1) is 24.1. The number of hydrogen-bond acceptors (Lipinski definition) is 4. The minimum atomic E-state index is -4.23. The zero-order valence-corrected chi connectivity index (χ0v) is 19.0. The van der Waals surface area contributed by atoms with Crippen LogP contribution in [0.5, 0.6) is 0 Å². The molecular weight excluding hydrogens is 462 g/mol. The predicted molar refractivity (Wildman–Crippen MR) is 106 cm³/mol. The highest BCUT2D eigenvalue weighted by Gasteiger charge is 2.47. The van der Waals surface area contributed by atoms with Gasteiger partial charge in [0.2, 0.25) is 0 Å². The Bertz CT molecular complexity index is 877. The summed E-state index contributed by atoms with van der Waals surface area (Å²) in [6.45, 7) is 5.87. The van der Waals surface area contributed by atoms with E-state index in [1.165, 1.54) is 26.0 Å². The molecular formula is C17H23BrF2N2O3S2. The van der Waals surface area contributed by atoms with Crippen molar-refractivity contribution < 1.29 is 21.4 Å². The third-order valence-electron chi connectivity index (χ3n) is 4.00. The van der Waals surface area contributed by atoms with Crippen LogP contribution in [0, 0.1) is 17.1 Å². The fraction of sp³-hybridized carbons (Fsp3) is 0.588. The van der Waals surface area contributed by atoms with Crippen LogP contribution in [0.25, 0.3) is 0 Å². The standard InChI is InChI=1S/C17H23BrF2N2O3S2/c1-15(2,3)26(23)22-17(9-19,11-27(24,25)16(4,5)10-21)13-8-12(18)6-7-14(13)20/h6-8,22H,9,11H2,1-5H3/t17-,26-/m1/s1. The molecule has 0 aliphatic heterocycles. The van der Waals surface area contributed by atoms with Gasteiger partial charge in [0.15, 0.2) is 14.6 Å². The quantitative estimate of drug-likeness (QED) is 0.641. The Labute approximate surface area is 170 Å². The van der Waals surface area contributed by atoms with Gasteiger partial charge in [-0.3, -0.25) is 0 Å². The van der Waals surface area contributed by atoms with E-state index in [1.54, 1.807) is 26.8 Å². The molecule has 0 radical (unpaired) electrons. The second-order valence-corrected chi connectivity index (χ2v) is 13.1. The van der Waals surface area contributed by atoms with E-state index < -0.39 is 54.1 Å². The van der Waals surface area contributed by atoms with E-state index >= 15 is 0 Å². The maximum absolute atomic E-state index is 14.6. The molecule has 1 aromatic carbocycles. The Hall–Kier alpha value is -0.890. The first-order chi connectivity index (χ1) is 12.1. The molecule has 0 unspecified atom stereocenters. The maximum atomic E-state index is 14.6. The van der Waals surface area contributed by atoms with Crippen LogP contribution in [0.4, 0.5) is 8.78 Å². The molecule has 1 aromatic rings. The normalized spacial score (nSPS) is 16.4. The lowest BCUT2D eigenvalue weighted by molar-refractivity contribution is 0.303. The maximum Gasteiger partial charge on any atom is 0.171 e. The van der Waals surface area contributed by atoms with Gasteiger partial charge in [0.05, 0.1) is 27.6 Å². The van der Waals surface area contributed by atoms with Crippen LogP contribution in [-0.2, 0) is 26.4 Å². The SMILES string of the molecule is CC(C)(C)[S@@](=O)N[C@](CF)(CS(=O)(=O)C(C)(C)C#N)c1cc(Br)ccc1F. The van der Waals surface area contributed by atoms with Gasteiger partial charge in [0.25, 0.3) is 0 Å². The van der Waals surface area contributed by atoms with Crippen LogP contribution in [0.3, 0.4) is 0 Å². The van der Waals surface area contributed by atoms with Crippen molar-refractivity contribution in [3.05, 3.63) is 34.1 Å². The Morgan fingerprint density at radius 3 is 2.26 bits per heavy atom. The average molecular weight is 485 g/mol. The van der Waals surface area contributed by atoms with Crippen molar-refractivity contribution in [1.29, 1.82) is 5.26 Å². The summed E-state index contributed by atoms with van der Waals surface area (Å²) in [6.07, 6.45) is 0. The van der Waals surface area contributed by atoms with Crippen LogP contribution in [-0.4, -0.2) is 34.5 Å². The molecule has 1 rings (SSSR count). The highest BCUT2D eigenvalue weighted by molar-refractivity contribution is 9.10. The molecule has 0 heterocycles. The zero-order chi connectivity index (χ0) is 21.3. The summed E-state index contributed by atoms with van der Waals surface area (Å²) in [5, 5.41) is 9.19. The summed E-state index contributed by atoms with van der Waals surface area (Å²) in [5.41, 5.74) is -2.41. The number of halogens is 3. The molecule has 0 aliphatic carbocycles. The van der Waals surface area contributed by atoms with E-state index in [9.17, 15) is 26.7 Å². The van der Waals surface area contributed by atoms with Gasteiger partial charge in [-0.1, -0.05) is 15.9 Å². The largest absolute Gasteiger partial charge is 0.249 e. The number of nitrogens with one attached hydrogen (secondary N) is 1. The van der Waals surface area contributed by atoms with E-state index in [1.807, 2.05) is 0 Å². The number of rotatable bonds is 7. The third kappa shape index (κ3) is 5.34. The summed E-state index contributed by atoms with van der Waals surface area (Å²) in [4.78, 5) is 0. The monoisotopic (exact) mass is 484 g/mol. The number of hydrogen-bond donors (Lipinski definition) is 1. The van der Waals surface area contributed by atoms with Crippen LogP contribution in [0.1, 0.15) is 40.2 Å². The molecule has 0 fully saturated rings. The highest BCUT2D eigenvalue weighted by atomic mass is 79.9. The molecule has 152 valence electrons. The first-order valence-electron chi connectivity index (χ1n) is 7.97. The molecule has 2 atom stereocenters. The van der Waals surface area contributed by atoms with Gasteiger partial charge < -0.3 is 0 Å². The molecule has 0 saturated carbocycles. The van der Waals surface area contributed by atoms with Gasteiger partial charge in [-0.2, -0.15) is 5.26 Å². The number of nitrogens with zero attached hydrogens (tertiary/aromatic N) is 1. The minimum Gasteiger partial charge on any atom is -0.249 e. The number of alkyl halides is 1. The van der Waals surface area contributed by atoms with Crippen LogP contribution in [0.15, 0.2) is 22.7 Å². The van der Waals surface area contributed by atoms with Gasteiger partial charge in [0.1, 0.15) is 18.0 Å². The Balaban J connectivity index is 3.68. The van der Waals surface area contributed by atoms with E-state index in [0.29, 0.717) is 4.47 Å². The number of nitriles is 1. The minimum absolute atomic E-state index is 0.283. The molecule has 0 spiro atoms. The Morgan fingerprint density at radius 2 is 1.81 bits per heavy atom. The second-order valence-electron chi connectivity index (χ2n) is 7.70.